The zero-order valence-electron chi connectivity index (χ0n) is 9.90. The monoisotopic (exact) mass is 211 g/mol. The molecular weight excluding hydrogens is 190 g/mol. The molecule has 15 heavy (non-hydrogen) atoms. The van der Waals surface area contributed by atoms with E-state index in [9.17, 15) is 0 Å². The minimum absolute atomic E-state index is 0.0203. The van der Waals surface area contributed by atoms with Gasteiger partial charge >= 0.3 is 0 Å². The molecule has 0 aromatic carbocycles. The van der Waals surface area contributed by atoms with Gasteiger partial charge in [0.25, 0.3) is 0 Å². The highest BCUT2D eigenvalue weighted by molar-refractivity contribution is 4.96. The molecule has 0 fully saturated rings. The van der Waals surface area contributed by atoms with Crippen molar-refractivity contribution in [3.8, 4) is 0 Å². The minimum atomic E-state index is -0.0203. The average molecular weight is 211 g/mol. The van der Waals surface area contributed by atoms with Gasteiger partial charge in [-0.3, -0.25) is 0 Å². The standard InChI is InChI=1S/C11H21N3O/c1-4-6-14-10(7-9(3)5-2)12-13-11(14)8-15/h9,15H,4-8H2,1-3H3. The molecule has 0 bridgehead atoms. The van der Waals surface area contributed by atoms with Crippen LogP contribution in [0.25, 0.3) is 0 Å². The molecule has 86 valence electrons. The van der Waals surface area contributed by atoms with Crippen LogP contribution < -0.4 is 0 Å². The van der Waals surface area contributed by atoms with E-state index in [2.05, 4.69) is 31.0 Å². The molecule has 1 atom stereocenters. The van der Waals surface area contributed by atoms with Crippen LogP contribution in [-0.4, -0.2) is 19.9 Å². The van der Waals surface area contributed by atoms with E-state index < -0.39 is 0 Å². The van der Waals surface area contributed by atoms with Gasteiger partial charge in [0.05, 0.1) is 0 Å². The number of nitrogens with zero attached hydrogens (tertiary/aromatic N) is 3. The van der Waals surface area contributed by atoms with Crippen molar-refractivity contribution in [2.24, 2.45) is 5.92 Å². The van der Waals surface area contributed by atoms with Crippen molar-refractivity contribution < 1.29 is 5.11 Å². The molecule has 0 radical (unpaired) electrons. The topological polar surface area (TPSA) is 50.9 Å². The second-order valence-corrected chi connectivity index (χ2v) is 4.06. The Hall–Kier alpha value is -0.900. The summed E-state index contributed by atoms with van der Waals surface area (Å²) in [6.07, 6.45) is 3.13. The highest BCUT2D eigenvalue weighted by atomic mass is 16.3. The maximum absolute atomic E-state index is 9.13. The maximum atomic E-state index is 9.13. The molecule has 1 N–H and O–H groups in total. The highest BCUT2D eigenvalue weighted by Crippen LogP contribution is 2.12. The SMILES string of the molecule is CCCn1c(CO)nnc1CC(C)CC. The third-order valence-corrected chi connectivity index (χ3v) is 2.72. The molecule has 1 unspecified atom stereocenters. The van der Waals surface area contributed by atoms with Crippen LogP contribution in [0.3, 0.4) is 0 Å². The number of aromatic nitrogens is 3. The molecule has 0 spiro atoms. The third kappa shape index (κ3) is 3.02. The van der Waals surface area contributed by atoms with Crippen molar-refractivity contribution in [3.05, 3.63) is 11.6 Å². The van der Waals surface area contributed by atoms with Gasteiger partial charge in [0.2, 0.25) is 0 Å². The van der Waals surface area contributed by atoms with Gasteiger partial charge in [-0.1, -0.05) is 27.2 Å². The van der Waals surface area contributed by atoms with E-state index in [4.69, 9.17) is 5.11 Å². The predicted molar refractivity (Wildman–Crippen MR) is 59.4 cm³/mol. The molecule has 4 heteroatoms. The fourth-order valence-electron chi connectivity index (χ4n) is 1.58. The summed E-state index contributed by atoms with van der Waals surface area (Å²) in [6, 6.07) is 0. The summed E-state index contributed by atoms with van der Waals surface area (Å²) in [6.45, 7) is 7.39. The molecule has 1 aromatic rings. The quantitative estimate of drug-likeness (QED) is 0.780. The number of hydrogen-bond acceptors (Lipinski definition) is 3. The largest absolute Gasteiger partial charge is 0.388 e. The lowest BCUT2D eigenvalue weighted by atomic mass is 10.1. The summed E-state index contributed by atoms with van der Waals surface area (Å²) >= 11 is 0. The summed E-state index contributed by atoms with van der Waals surface area (Å²) < 4.78 is 2.05. The fraction of sp³-hybridized carbons (Fsp3) is 0.818. The number of aliphatic hydroxyl groups excluding tert-OH is 1. The van der Waals surface area contributed by atoms with Gasteiger partial charge < -0.3 is 9.67 Å². The first-order chi connectivity index (χ1) is 7.22. The van der Waals surface area contributed by atoms with Crippen LogP contribution >= 0.6 is 0 Å². The Morgan fingerprint density at radius 1 is 1.27 bits per heavy atom. The van der Waals surface area contributed by atoms with Gasteiger partial charge in [0, 0.05) is 13.0 Å². The molecule has 1 aromatic heterocycles. The number of rotatable bonds is 6. The molecular formula is C11H21N3O. The zero-order valence-corrected chi connectivity index (χ0v) is 9.90. The first-order valence-corrected chi connectivity index (χ1v) is 5.74. The molecule has 0 aliphatic rings. The van der Waals surface area contributed by atoms with Crippen LogP contribution in [-0.2, 0) is 19.6 Å². The Labute approximate surface area is 91.3 Å². The lowest BCUT2D eigenvalue weighted by molar-refractivity contribution is 0.263. The Bertz CT molecular complexity index is 296. The van der Waals surface area contributed by atoms with Gasteiger partial charge in [-0.25, -0.2) is 0 Å². The molecule has 0 aliphatic heterocycles. The van der Waals surface area contributed by atoms with E-state index in [1.807, 2.05) is 4.57 Å². The van der Waals surface area contributed by atoms with Crippen LogP contribution in [0, 0.1) is 5.92 Å². The zero-order chi connectivity index (χ0) is 11.3. The first-order valence-electron chi connectivity index (χ1n) is 5.74. The maximum Gasteiger partial charge on any atom is 0.158 e. The number of hydrogen-bond donors (Lipinski definition) is 1. The lowest BCUT2D eigenvalue weighted by Crippen LogP contribution is -2.10. The third-order valence-electron chi connectivity index (χ3n) is 2.72. The van der Waals surface area contributed by atoms with Gasteiger partial charge in [-0.2, -0.15) is 0 Å². The smallest absolute Gasteiger partial charge is 0.158 e. The van der Waals surface area contributed by atoms with Gasteiger partial charge in [-0.15, -0.1) is 10.2 Å². The van der Waals surface area contributed by atoms with E-state index in [1.165, 1.54) is 0 Å². The molecule has 0 saturated carbocycles. The Morgan fingerprint density at radius 2 is 1.93 bits per heavy atom. The Balaban J connectivity index is 2.81. The van der Waals surface area contributed by atoms with Crippen LogP contribution in [0.1, 0.15) is 45.3 Å². The fourth-order valence-corrected chi connectivity index (χ4v) is 1.58. The predicted octanol–water partition coefficient (Wildman–Crippen LogP) is 1.77. The van der Waals surface area contributed by atoms with Gasteiger partial charge in [0.15, 0.2) is 5.82 Å². The lowest BCUT2D eigenvalue weighted by Gasteiger charge is -2.10. The summed E-state index contributed by atoms with van der Waals surface area (Å²) in [7, 11) is 0. The van der Waals surface area contributed by atoms with E-state index in [1.54, 1.807) is 0 Å². The highest BCUT2D eigenvalue weighted by Gasteiger charge is 2.12. The molecule has 1 heterocycles. The summed E-state index contributed by atoms with van der Waals surface area (Å²) in [5, 5.41) is 17.3. The Morgan fingerprint density at radius 3 is 2.47 bits per heavy atom. The summed E-state index contributed by atoms with van der Waals surface area (Å²) in [5.41, 5.74) is 0. The van der Waals surface area contributed by atoms with E-state index in [0.29, 0.717) is 11.7 Å². The summed E-state index contributed by atoms with van der Waals surface area (Å²) in [4.78, 5) is 0. The second-order valence-electron chi connectivity index (χ2n) is 4.06. The molecule has 4 nitrogen and oxygen atoms in total. The average Bonchev–Trinajstić information content (AvgIpc) is 2.61. The molecule has 0 saturated heterocycles. The van der Waals surface area contributed by atoms with Crippen molar-refractivity contribution in [1.29, 1.82) is 0 Å². The van der Waals surface area contributed by atoms with Crippen LogP contribution in [0.15, 0.2) is 0 Å². The normalized spacial score (nSPS) is 13.1. The molecule has 0 amide bonds. The van der Waals surface area contributed by atoms with Crippen molar-refractivity contribution >= 4 is 0 Å². The molecule has 0 aliphatic carbocycles. The van der Waals surface area contributed by atoms with Crippen LogP contribution in [0.4, 0.5) is 0 Å². The van der Waals surface area contributed by atoms with E-state index >= 15 is 0 Å². The Kier molecular flexibility index (Phi) is 4.75. The van der Waals surface area contributed by atoms with Gasteiger partial charge in [0.1, 0.15) is 12.4 Å². The van der Waals surface area contributed by atoms with E-state index in [-0.39, 0.29) is 6.61 Å². The first kappa shape index (κ1) is 12.2. The van der Waals surface area contributed by atoms with Crippen molar-refractivity contribution in [2.75, 3.05) is 0 Å². The van der Waals surface area contributed by atoms with Crippen molar-refractivity contribution in [3.63, 3.8) is 0 Å². The van der Waals surface area contributed by atoms with E-state index in [0.717, 1.165) is 31.6 Å². The summed E-state index contributed by atoms with van der Waals surface area (Å²) in [5.74, 6) is 2.32. The minimum Gasteiger partial charge on any atom is -0.388 e. The van der Waals surface area contributed by atoms with Gasteiger partial charge in [-0.05, 0) is 12.3 Å². The van der Waals surface area contributed by atoms with Crippen molar-refractivity contribution in [1.82, 2.24) is 14.8 Å². The van der Waals surface area contributed by atoms with Crippen molar-refractivity contribution in [2.45, 2.75) is 53.2 Å². The second kappa shape index (κ2) is 5.85. The van der Waals surface area contributed by atoms with Crippen LogP contribution in [0.5, 0.6) is 0 Å². The molecule has 1 rings (SSSR count). The number of aliphatic hydroxyl groups is 1. The van der Waals surface area contributed by atoms with Crippen LogP contribution in [0.2, 0.25) is 0 Å².